The lowest BCUT2D eigenvalue weighted by Crippen LogP contribution is -2.52. The SMILES string of the molecule is CCCCC(CCCC)N(NC(=O)c1ccc(Cl)cc1)C(=O)c1cc(C)cc(C)c1. The molecule has 0 aliphatic carbocycles. The maximum absolute atomic E-state index is 13.5. The maximum atomic E-state index is 13.5. The van der Waals surface area contributed by atoms with Gasteiger partial charge in [-0.15, -0.1) is 0 Å². The molecular weight excluding hydrogens is 396 g/mol. The average Bonchev–Trinajstić information content (AvgIpc) is 2.71. The topological polar surface area (TPSA) is 49.4 Å². The fraction of sp³-hybridized carbons (Fsp3) is 0.440. The van der Waals surface area contributed by atoms with Gasteiger partial charge in [-0.3, -0.25) is 15.0 Å². The molecule has 2 aromatic rings. The molecule has 0 saturated carbocycles. The molecule has 30 heavy (non-hydrogen) atoms. The molecule has 5 heteroatoms. The first-order chi connectivity index (χ1) is 14.3. The Balaban J connectivity index is 2.36. The molecule has 2 aromatic carbocycles. The van der Waals surface area contributed by atoms with Gasteiger partial charge in [0, 0.05) is 16.1 Å². The van der Waals surface area contributed by atoms with E-state index in [1.165, 1.54) is 0 Å². The minimum Gasteiger partial charge on any atom is -0.267 e. The molecule has 2 amide bonds. The summed E-state index contributed by atoms with van der Waals surface area (Å²) in [5, 5.41) is 2.13. The first-order valence-corrected chi connectivity index (χ1v) is 11.2. The Morgan fingerprint density at radius 1 is 0.900 bits per heavy atom. The highest BCUT2D eigenvalue weighted by Gasteiger charge is 2.27. The highest BCUT2D eigenvalue weighted by atomic mass is 35.5. The van der Waals surface area contributed by atoms with E-state index < -0.39 is 0 Å². The number of nitrogens with zero attached hydrogens (tertiary/aromatic N) is 1. The van der Waals surface area contributed by atoms with E-state index in [1.807, 2.05) is 32.0 Å². The smallest absolute Gasteiger partial charge is 0.267 e. The van der Waals surface area contributed by atoms with Gasteiger partial charge >= 0.3 is 0 Å². The molecule has 0 aromatic heterocycles. The van der Waals surface area contributed by atoms with E-state index in [0.29, 0.717) is 16.1 Å². The third kappa shape index (κ3) is 6.88. The molecule has 0 aliphatic rings. The first-order valence-electron chi connectivity index (χ1n) is 10.8. The van der Waals surface area contributed by atoms with Gasteiger partial charge in [0.05, 0.1) is 6.04 Å². The molecule has 0 radical (unpaired) electrons. The standard InChI is InChI=1S/C25H33ClN2O2/c1-5-7-9-23(10-8-6-2)28(25(30)21-16-18(3)15-19(4)17-21)27-24(29)20-11-13-22(26)14-12-20/h11-17,23H,5-10H2,1-4H3,(H,27,29). The number of hydrogen-bond acceptors (Lipinski definition) is 2. The fourth-order valence-electron chi connectivity index (χ4n) is 3.60. The number of hydrogen-bond donors (Lipinski definition) is 1. The van der Waals surface area contributed by atoms with Crippen molar-refractivity contribution < 1.29 is 9.59 Å². The third-order valence-electron chi connectivity index (χ3n) is 5.16. The molecule has 4 nitrogen and oxygen atoms in total. The van der Waals surface area contributed by atoms with E-state index in [1.54, 1.807) is 29.3 Å². The Labute approximate surface area is 185 Å². The normalized spacial score (nSPS) is 10.9. The largest absolute Gasteiger partial charge is 0.272 e. The summed E-state index contributed by atoms with van der Waals surface area (Å²) >= 11 is 5.95. The Morgan fingerprint density at radius 2 is 1.43 bits per heavy atom. The number of unbranched alkanes of at least 4 members (excludes halogenated alkanes) is 2. The summed E-state index contributed by atoms with van der Waals surface area (Å²) in [5.41, 5.74) is 6.04. The summed E-state index contributed by atoms with van der Waals surface area (Å²) in [6.45, 7) is 8.23. The zero-order valence-corrected chi connectivity index (χ0v) is 19.3. The molecule has 0 unspecified atom stereocenters. The van der Waals surface area contributed by atoms with E-state index in [9.17, 15) is 9.59 Å². The van der Waals surface area contributed by atoms with Crippen molar-refractivity contribution in [2.24, 2.45) is 0 Å². The zero-order valence-electron chi connectivity index (χ0n) is 18.5. The van der Waals surface area contributed by atoms with Crippen molar-refractivity contribution in [1.82, 2.24) is 10.4 Å². The van der Waals surface area contributed by atoms with Crippen molar-refractivity contribution in [3.8, 4) is 0 Å². The van der Waals surface area contributed by atoms with Crippen molar-refractivity contribution in [3.63, 3.8) is 0 Å². The number of carbonyl (C=O) groups excluding carboxylic acids is 2. The maximum Gasteiger partial charge on any atom is 0.272 e. The lowest BCUT2D eigenvalue weighted by molar-refractivity contribution is 0.0450. The van der Waals surface area contributed by atoms with Crippen LogP contribution in [-0.4, -0.2) is 22.9 Å². The van der Waals surface area contributed by atoms with E-state index in [4.69, 9.17) is 11.6 Å². The van der Waals surface area contributed by atoms with Crippen molar-refractivity contribution in [3.05, 3.63) is 69.7 Å². The van der Waals surface area contributed by atoms with Crippen LogP contribution in [0.2, 0.25) is 5.02 Å². The summed E-state index contributed by atoms with van der Waals surface area (Å²) in [7, 11) is 0. The van der Waals surface area contributed by atoms with Crippen LogP contribution < -0.4 is 5.43 Å². The van der Waals surface area contributed by atoms with Gasteiger partial charge in [0.1, 0.15) is 0 Å². The summed E-state index contributed by atoms with van der Waals surface area (Å²) < 4.78 is 0. The number of benzene rings is 2. The molecule has 2 rings (SSSR count). The lowest BCUT2D eigenvalue weighted by Gasteiger charge is -2.32. The van der Waals surface area contributed by atoms with Gasteiger partial charge in [-0.1, -0.05) is 68.3 Å². The van der Waals surface area contributed by atoms with Crippen LogP contribution in [0.25, 0.3) is 0 Å². The highest BCUT2D eigenvalue weighted by Crippen LogP contribution is 2.19. The Kier molecular flexibility index (Phi) is 9.38. The Bertz CT molecular complexity index is 820. The molecule has 0 fully saturated rings. The predicted molar refractivity (Wildman–Crippen MR) is 124 cm³/mol. The quantitative estimate of drug-likeness (QED) is 0.464. The van der Waals surface area contributed by atoms with Gasteiger partial charge in [0.2, 0.25) is 0 Å². The van der Waals surface area contributed by atoms with Gasteiger partial charge in [-0.25, -0.2) is 5.01 Å². The van der Waals surface area contributed by atoms with Gasteiger partial charge in [0.15, 0.2) is 0 Å². The average molecular weight is 429 g/mol. The number of halogens is 1. The minimum atomic E-state index is -0.303. The van der Waals surface area contributed by atoms with E-state index in [-0.39, 0.29) is 17.9 Å². The van der Waals surface area contributed by atoms with Crippen LogP contribution in [0.15, 0.2) is 42.5 Å². The number of rotatable bonds is 9. The van der Waals surface area contributed by atoms with Gasteiger partial charge in [0.25, 0.3) is 11.8 Å². The molecule has 162 valence electrons. The number of hydrazine groups is 1. The number of aryl methyl sites for hydroxylation is 2. The Morgan fingerprint density at radius 3 is 1.93 bits per heavy atom. The summed E-state index contributed by atoms with van der Waals surface area (Å²) in [6.07, 6.45) is 5.80. The first kappa shape index (κ1) is 23.9. The second-order valence-corrected chi connectivity index (χ2v) is 8.37. The second kappa shape index (κ2) is 11.8. The van der Waals surface area contributed by atoms with Crippen molar-refractivity contribution in [2.45, 2.75) is 72.3 Å². The molecule has 0 aliphatic heterocycles. The van der Waals surface area contributed by atoms with Gasteiger partial charge in [-0.2, -0.15) is 0 Å². The van der Waals surface area contributed by atoms with Crippen LogP contribution >= 0.6 is 11.6 Å². The molecular formula is C25H33ClN2O2. The second-order valence-electron chi connectivity index (χ2n) is 7.94. The van der Waals surface area contributed by atoms with Gasteiger partial charge < -0.3 is 0 Å². The molecule has 0 saturated heterocycles. The lowest BCUT2D eigenvalue weighted by atomic mass is 10.0. The van der Waals surface area contributed by atoms with Crippen molar-refractivity contribution in [1.29, 1.82) is 0 Å². The number of nitrogens with one attached hydrogen (secondary N) is 1. The molecule has 0 atom stereocenters. The summed E-state index contributed by atoms with van der Waals surface area (Å²) in [4.78, 5) is 26.5. The molecule has 0 spiro atoms. The predicted octanol–water partition coefficient (Wildman–Crippen LogP) is 6.49. The molecule has 0 heterocycles. The Hall–Kier alpha value is -2.33. The van der Waals surface area contributed by atoms with Crippen LogP contribution in [0.5, 0.6) is 0 Å². The zero-order chi connectivity index (χ0) is 22.1. The van der Waals surface area contributed by atoms with E-state index in [2.05, 4.69) is 19.3 Å². The van der Waals surface area contributed by atoms with Crippen LogP contribution in [-0.2, 0) is 0 Å². The highest BCUT2D eigenvalue weighted by molar-refractivity contribution is 6.30. The molecule has 0 bridgehead atoms. The summed E-state index contributed by atoms with van der Waals surface area (Å²) in [5.74, 6) is -0.469. The van der Waals surface area contributed by atoms with E-state index in [0.717, 1.165) is 49.7 Å². The summed E-state index contributed by atoms with van der Waals surface area (Å²) in [6, 6.07) is 12.5. The fourth-order valence-corrected chi connectivity index (χ4v) is 3.73. The monoisotopic (exact) mass is 428 g/mol. The van der Waals surface area contributed by atoms with Crippen LogP contribution in [0.4, 0.5) is 0 Å². The van der Waals surface area contributed by atoms with Crippen molar-refractivity contribution >= 4 is 23.4 Å². The van der Waals surface area contributed by atoms with Gasteiger partial charge in [-0.05, 0) is 63.1 Å². The van der Waals surface area contributed by atoms with Crippen LogP contribution in [0.1, 0.15) is 84.2 Å². The third-order valence-corrected chi connectivity index (χ3v) is 5.41. The molecule has 1 N–H and O–H groups in total. The number of carbonyl (C=O) groups is 2. The van der Waals surface area contributed by atoms with Crippen LogP contribution in [0.3, 0.4) is 0 Å². The van der Waals surface area contributed by atoms with Crippen LogP contribution in [0, 0.1) is 13.8 Å². The van der Waals surface area contributed by atoms with E-state index >= 15 is 0 Å². The number of amides is 2. The van der Waals surface area contributed by atoms with Crippen molar-refractivity contribution in [2.75, 3.05) is 0 Å². The minimum absolute atomic E-state index is 0.0468.